The SMILES string of the molecule is C=CNCc1cc(C(=N)/C(=C/C=N)NC)c(N)cc1C. The second kappa shape index (κ2) is 7.13. The normalized spacial score (nSPS) is 10.8. The van der Waals surface area contributed by atoms with E-state index in [9.17, 15) is 0 Å². The van der Waals surface area contributed by atoms with E-state index in [1.165, 1.54) is 6.08 Å². The van der Waals surface area contributed by atoms with Crippen molar-refractivity contribution in [3.05, 3.63) is 53.4 Å². The maximum Gasteiger partial charge on any atom is 0.0864 e. The standard InChI is InChI=1S/C15H21N5/c1-4-20-9-11-8-12(13(17)7-10(11)2)15(18)14(19-3)5-6-16/h4-8,16,18-20H,1,9,17H2,2-3H3/b14-5-,16-6?,18-15?. The Hall–Kier alpha value is -2.56. The van der Waals surface area contributed by atoms with Crippen LogP contribution in [0.5, 0.6) is 0 Å². The lowest BCUT2D eigenvalue weighted by Crippen LogP contribution is -2.19. The first-order valence-corrected chi connectivity index (χ1v) is 6.26. The molecule has 0 saturated heterocycles. The predicted octanol–water partition coefficient (Wildman–Crippen LogP) is 1.93. The molecule has 0 amide bonds. The highest BCUT2D eigenvalue weighted by molar-refractivity contribution is 6.14. The Labute approximate surface area is 119 Å². The molecule has 0 radical (unpaired) electrons. The molecule has 0 spiro atoms. The lowest BCUT2D eigenvalue weighted by molar-refractivity contribution is 0.864. The van der Waals surface area contributed by atoms with Crippen molar-refractivity contribution in [3.63, 3.8) is 0 Å². The van der Waals surface area contributed by atoms with Crippen LogP contribution in [0.3, 0.4) is 0 Å². The first-order chi connectivity index (χ1) is 9.54. The number of hydrogen-bond acceptors (Lipinski definition) is 5. The van der Waals surface area contributed by atoms with Crippen LogP contribution in [-0.4, -0.2) is 19.0 Å². The number of likely N-dealkylation sites (N-methyl/N-ethyl adjacent to an activating group) is 1. The van der Waals surface area contributed by atoms with Gasteiger partial charge in [-0.1, -0.05) is 6.58 Å². The van der Waals surface area contributed by atoms with E-state index in [0.29, 0.717) is 23.5 Å². The van der Waals surface area contributed by atoms with Gasteiger partial charge in [0, 0.05) is 31.1 Å². The number of nitrogens with one attached hydrogen (secondary N) is 4. The van der Waals surface area contributed by atoms with Crippen LogP contribution in [0.2, 0.25) is 0 Å². The molecule has 0 atom stereocenters. The molecular formula is C15H21N5. The first-order valence-electron chi connectivity index (χ1n) is 6.26. The zero-order valence-corrected chi connectivity index (χ0v) is 11.9. The van der Waals surface area contributed by atoms with Gasteiger partial charge >= 0.3 is 0 Å². The number of nitrogens with two attached hydrogens (primary N) is 1. The Morgan fingerprint density at radius 1 is 1.45 bits per heavy atom. The molecule has 1 rings (SSSR count). The van der Waals surface area contributed by atoms with E-state index in [1.807, 2.05) is 19.1 Å². The van der Waals surface area contributed by atoms with Crippen molar-refractivity contribution in [2.24, 2.45) is 0 Å². The summed E-state index contributed by atoms with van der Waals surface area (Å²) >= 11 is 0. The molecule has 0 heterocycles. The second-order valence-corrected chi connectivity index (χ2v) is 4.32. The molecule has 1 aromatic carbocycles. The maximum absolute atomic E-state index is 8.22. The number of nitrogen functional groups attached to an aromatic ring is 1. The van der Waals surface area contributed by atoms with Gasteiger partial charge < -0.3 is 21.8 Å². The highest BCUT2D eigenvalue weighted by Crippen LogP contribution is 2.21. The van der Waals surface area contributed by atoms with Crippen LogP contribution >= 0.6 is 0 Å². The predicted molar refractivity (Wildman–Crippen MR) is 85.4 cm³/mol. The lowest BCUT2D eigenvalue weighted by Gasteiger charge is -2.14. The van der Waals surface area contributed by atoms with Crippen molar-refractivity contribution >= 4 is 17.6 Å². The maximum atomic E-state index is 8.22. The first kappa shape index (κ1) is 15.5. The molecule has 5 nitrogen and oxygen atoms in total. The minimum atomic E-state index is 0.272. The van der Waals surface area contributed by atoms with Crippen LogP contribution in [0.4, 0.5) is 5.69 Å². The summed E-state index contributed by atoms with van der Waals surface area (Å²) in [5, 5.41) is 21.3. The van der Waals surface area contributed by atoms with E-state index in [1.54, 1.807) is 13.2 Å². The molecule has 0 aromatic heterocycles. The van der Waals surface area contributed by atoms with Crippen LogP contribution in [0.1, 0.15) is 16.7 Å². The molecule has 0 saturated carbocycles. The summed E-state index contributed by atoms with van der Waals surface area (Å²) in [6.07, 6.45) is 4.31. The van der Waals surface area contributed by atoms with Gasteiger partial charge in [0.15, 0.2) is 0 Å². The topological polar surface area (TPSA) is 97.8 Å². The summed E-state index contributed by atoms with van der Waals surface area (Å²) in [6.45, 7) is 6.24. The lowest BCUT2D eigenvalue weighted by atomic mass is 9.98. The van der Waals surface area contributed by atoms with Crippen LogP contribution in [-0.2, 0) is 6.54 Å². The van der Waals surface area contributed by atoms with Crippen LogP contribution in [0, 0.1) is 17.7 Å². The van der Waals surface area contributed by atoms with Crippen LogP contribution < -0.4 is 16.4 Å². The van der Waals surface area contributed by atoms with Gasteiger partial charge in [-0.05, 0) is 42.5 Å². The molecule has 0 unspecified atom stereocenters. The quantitative estimate of drug-likeness (QED) is 0.387. The Morgan fingerprint density at radius 2 is 2.15 bits per heavy atom. The summed E-state index contributed by atoms with van der Waals surface area (Å²) in [7, 11) is 1.72. The van der Waals surface area contributed by atoms with E-state index >= 15 is 0 Å². The number of aryl methyl sites for hydroxylation is 1. The monoisotopic (exact) mass is 271 g/mol. The van der Waals surface area contributed by atoms with Gasteiger partial charge in [0.25, 0.3) is 0 Å². The van der Waals surface area contributed by atoms with E-state index in [-0.39, 0.29) is 5.71 Å². The van der Waals surface area contributed by atoms with E-state index in [0.717, 1.165) is 17.3 Å². The number of rotatable bonds is 7. The van der Waals surface area contributed by atoms with Gasteiger partial charge in [-0.25, -0.2) is 0 Å². The molecule has 5 heteroatoms. The molecule has 0 aliphatic rings. The molecule has 0 bridgehead atoms. The fourth-order valence-electron chi connectivity index (χ4n) is 1.88. The molecule has 0 aliphatic carbocycles. The molecule has 106 valence electrons. The molecule has 20 heavy (non-hydrogen) atoms. The van der Waals surface area contributed by atoms with Crippen molar-refractivity contribution < 1.29 is 0 Å². The van der Waals surface area contributed by atoms with Gasteiger partial charge in [0.2, 0.25) is 0 Å². The smallest absolute Gasteiger partial charge is 0.0864 e. The Morgan fingerprint density at radius 3 is 2.70 bits per heavy atom. The zero-order valence-electron chi connectivity index (χ0n) is 11.9. The molecule has 6 N–H and O–H groups in total. The minimum absolute atomic E-state index is 0.272. The highest BCUT2D eigenvalue weighted by atomic mass is 14.9. The van der Waals surface area contributed by atoms with Gasteiger partial charge in [-0.3, -0.25) is 5.41 Å². The van der Waals surface area contributed by atoms with Crippen LogP contribution in [0.25, 0.3) is 0 Å². The third-order valence-electron chi connectivity index (χ3n) is 3.00. The van der Waals surface area contributed by atoms with Gasteiger partial charge in [0.1, 0.15) is 0 Å². The fourth-order valence-corrected chi connectivity index (χ4v) is 1.88. The second-order valence-electron chi connectivity index (χ2n) is 4.32. The highest BCUT2D eigenvalue weighted by Gasteiger charge is 2.12. The number of allylic oxidation sites excluding steroid dienone is 2. The van der Waals surface area contributed by atoms with Crippen molar-refractivity contribution in [2.45, 2.75) is 13.5 Å². The minimum Gasteiger partial charge on any atom is -0.398 e. The molecule has 1 aromatic rings. The third kappa shape index (κ3) is 3.47. The Balaban J connectivity index is 3.23. The molecule has 0 aliphatic heterocycles. The van der Waals surface area contributed by atoms with Gasteiger partial charge in [0.05, 0.1) is 11.4 Å². The van der Waals surface area contributed by atoms with Gasteiger partial charge in [-0.2, -0.15) is 0 Å². The Kier molecular flexibility index (Phi) is 5.53. The zero-order chi connectivity index (χ0) is 15.1. The van der Waals surface area contributed by atoms with Crippen molar-refractivity contribution in [1.29, 1.82) is 10.8 Å². The van der Waals surface area contributed by atoms with Gasteiger partial charge in [-0.15, -0.1) is 0 Å². The number of benzene rings is 1. The van der Waals surface area contributed by atoms with Crippen molar-refractivity contribution in [3.8, 4) is 0 Å². The van der Waals surface area contributed by atoms with E-state index < -0.39 is 0 Å². The van der Waals surface area contributed by atoms with Crippen molar-refractivity contribution in [1.82, 2.24) is 10.6 Å². The summed E-state index contributed by atoms with van der Waals surface area (Å²) in [4.78, 5) is 0. The fraction of sp³-hybridized carbons (Fsp3) is 0.200. The number of hydrogen-bond donors (Lipinski definition) is 5. The van der Waals surface area contributed by atoms with Crippen LogP contribution in [0.15, 0.2) is 36.7 Å². The number of anilines is 1. The Bertz CT molecular complexity index is 558. The van der Waals surface area contributed by atoms with Crippen molar-refractivity contribution in [2.75, 3.05) is 12.8 Å². The molecular weight excluding hydrogens is 250 g/mol. The van der Waals surface area contributed by atoms with E-state index in [4.69, 9.17) is 16.6 Å². The largest absolute Gasteiger partial charge is 0.398 e. The summed E-state index contributed by atoms with van der Waals surface area (Å²) in [5.74, 6) is 0. The summed E-state index contributed by atoms with van der Waals surface area (Å²) in [5.41, 5.74) is 10.2. The van der Waals surface area contributed by atoms with E-state index in [2.05, 4.69) is 17.2 Å². The average molecular weight is 271 g/mol. The summed E-state index contributed by atoms with van der Waals surface area (Å²) in [6, 6.07) is 3.76. The average Bonchev–Trinajstić information content (AvgIpc) is 2.43. The summed E-state index contributed by atoms with van der Waals surface area (Å²) < 4.78 is 0. The molecule has 0 fully saturated rings. The third-order valence-corrected chi connectivity index (χ3v) is 3.00.